The predicted molar refractivity (Wildman–Crippen MR) is 64.4 cm³/mol. The molecule has 0 fully saturated rings. The SMILES string of the molecule is C=CC.C=CCOC.c1ccccc1. The van der Waals surface area contributed by atoms with Crippen LogP contribution in [-0.4, -0.2) is 13.7 Å². The molecule has 1 nitrogen and oxygen atoms in total. The van der Waals surface area contributed by atoms with Crippen LogP contribution in [0.1, 0.15) is 6.92 Å². The van der Waals surface area contributed by atoms with Crippen molar-refractivity contribution in [1.29, 1.82) is 0 Å². The van der Waals surface area contributed by atoms with Gasteiger partial charge >= 0.3 is 0 Å². The van der Waals surface area contributed by atoms with Crippen molar-refractivity contribution < 1.29 is 4.74 Å². The van der Waals surface area contributed by atoms with Crippen molar-refractivity contribution in [3.05, 3.63) is 61.7 Å². The molecular weight excluding hydrogens is 172 g/mol. The number of rotatable bonds is 2. The van der Waals surface area contributed by atoms with E-state index >= 15 is 0 Å². The fraction of sp³-hybridized carbons (Fsp3) is 0.231. The minimum Gasteiger partial charge on any atom is -0.381 e. The van der Waals surface area contributed by atoms with E-state index in [1.807, 2.05) is 43.3 Å². The van der Waals surface area contributed by atoms with Gasteiger partial charge in [0.2, 0.25) is 0 Å². The molecule has 0 bridgehead atoms. The first kappa shape index (κ1) is 15.1. The van der Waals surface area contributed by atoms with E-state index in [0.29, 0.717) is 6.61 Å². The Morgan fingerprint density at radius 3 is 1.36 bits per heavy atom. The van der Waals surface area contributed by atoms with E-state index in [0.717, 1.165) is 0 Å². The quantitative estimate of drug-likeness (QED) is 0.649. The molecule has 1 rings (SSSR count). The highest BCUT2D eigenvalue weighted by Gasteiger charge is 1.58. The van der Waals surface area contributed by atoms with E-state index in [2.05, 4.69) is 17.9 Å². The summed E-state index contributed by atoms with van der Waals surface area (Å²) in [5.41, 5.74) is 0. The Kier molecular flexibility index (Phi) is 19.1. The van der Waals surface area contributed by atoms with Gasteiger partial charge in [0.25, 0.3) is 0 Å². The summed E-state index contributed by atoms with van der Waals surface area (Å²) >= 11 is 0. The van der Waals surface area contributed by atoms with Crippen LogP contribution in [-0.2, 0) is 4.74 Å². The van der Waals surface area contributed by atoms with E-state index in [1.54, 1.807) is 19.3 Å². The molecule has 0 saturated carbocycles. The van der Waals surface area contributed by atoms with Gasteiger partial charge < -0.3 is 4.74 Å². The van der Waals surface area contributed by atoms with E-state index in [1.165, 1.54) is 0 Å². The van der Waals surface area contributed by atoms with Gasteiger partial charge in [-0.15, -0.1) is 13.2 Å². The van der Waals surface area contributed by atoms with Crippen LogP contribution in [0.2, 0.25) is 0 Å². The van der Waals surface area contributed by atoms with E-state index in [-0.39, 0.29) is 0 Å². The molecular formula is C13H20O. The van der Waals surface area contributed by atoms with E-state index in [4.69, 9.17) is 0 Å². The minimum absolute atomic E-state index is 0.653. The summed E-state index contributed by atoms with van der Waals surface area (Å²) in [7, 11) is 1.64. The van der Waals surface area contributed by atoms with Crippen LogP contribution in [0.4, 0.5) is 0 Å². The standard InChI is InChI=1S/C6H6.C4H8O.C3H6/c1-2-4-6-5-3-1;1-3-4-5-2;1-3-2/h1-6H;3H,1,4H2,2H3;3H,1H2,2H3. The molecule has 0 aliphatic rings. The molecule has 0 heterocycles. The highest BCUT2D eigenvalue weighted by Crippen LogP contribution is 1.79. The Bertz CT molecular complexity index is 165. The maximum absolute atomic E-state index is 4.57. The largest absolute Gasteiger partial charge is 0.381 e. The Hall–Kier alpha value is -1.34. The van der Waals surface area contributed by atoms with Crippen LogP contribution in [0.3, 0.4) is 0 Å². The van der Waals surface area contributed by atoms with Crippen LogP contribution < -0.4 is 0 Å². The van der Waals surface area contributed by atoms with Crippen LogP contribution >= 0.6 is 0 Å². The fourth-order valence-electron chi connectivity index (χ4n) is 0.503. The summed E-state index contributed by atoms with van der Waals surface area (Å²) in [4.78, 5) is 0. The second-order valence-electron chi connectivity index (χ2n) is 2.31. The number of benzene rings is 1. The van der Waals surface area contributed by atoms with Crippen LogP contribution in [0.5, 0.6) is 0 Å². The zero-order valence-electron chi connectivity index (χ0n) is 9.15. The molecule has 0 spiro atoms. The van der Waals surface area contributed by atoms with Gasteiger partial charge in [-0.05, 0) is 6.92 Å². The van der Waals surface area contributed by atoms with Crippen molar-refractivity contribution in [3.63, 3.8) is 0 Å². The molecule has 0 aliphatic carbocycles. The van der Waals surface area contributed by atoms with Gasteiger partial charge in [0, 0.05) is 7.11 Å². The minimum atomic E-state index is 0.653. The summed E-state index contributed by atoms with van der Waals surface area (Å²) in [5.74, 6) is 0. The molecule has 0 radical (unpaired) electrons. The third-order valence-corrected chi connectivity index (χ3v) is 0.951. The molecule has 0 amide bonds. The van der Waals surface area contributed by atoms with Crippen molar-refractivity contribution in [2.24, 2.45) is 0 Å². The fourth-order valence-corrected chi connectivity index (χ4v) is 0.503. The highest BCUT2D eigenvalue weighted by atomic mass is 16.5. The Morgan fingerprint density at radius 2 is 1.29 bits per heavy atom. The van der Waals surface area contributed by atoms with Gasteiger partial charge in [-0.1, -0.05) is 48.6 Å². The van der Waals surface area contributed by atoms with Crippen LogP contribution in [0, 0.1) is 0 Å². The average Bonchev–Trinajstić information content (AvgIpc) is 2.24. The zero-order chi connectivity index (χ0) is 11.1. The number of allylic oxidation sites excluding steroid dienone is 1. The Morgan fingerprint density at radius 1 is 1.00 bits per heavy atom. The topological polar surface area (TPSA) is 9.23 Å². The number of ether oxygens (including phenoxy) is 1. The van der Waals surface area contributed by atoms with Crippen LogP contribution in [0.15, 0.2) is 61.7 Å². The molecule has 1 aromatic carbocycles. The van der Waals surface area contributed by atoms with E-state index in [9.17, 15) is 0 Å². The first-order valence-electron chi connectivity index (χ1n) is 4.50. The third kappa shape index (κ3) is 22.4. The van der Waals surface area contributed by atoms with Crippen molar-refractivity contribution in [2.75, 3.05) is 13.7 Å². The van der Waals surface area contributed by atoms with Gasteiger partial charge in [0.05, 0.1) is 6.61 Å². The normalized spacial score (nSPS) is 7.00. The summed E-state index contributed by atoms with van der Waals surface area (Å²) < 4.78 is 4.57. The maximum atomic E-state index is 4.57. The number of hydrogen-bond donors (Lipinski definition) is 0. The van der Waals surface area contributed by atoms with Gasteiger partial charge in [-0.2, -0.15) is 0 Å². The second-order valence-corrected chi connectivity index (χ2v) is 2.31. The predicted octanol–water partition coefficient (Wildman–Crippen LogP) is 3.70. The summed E-state index contributed by atoms with van der Waals surface area (Å²) in [6, 6.07) is 12.0. The smallest absolute Gasteiger partial charge is 0.0641 e. The molecule has 14 heavy (non-hydrogen) atoms. The molecule has 78 valence electrons. The first-order chi connectivity index (χ1) is 6.83. The lowest BCUT2D eigenvalue weighted by Crippen LogP contribution is -1.76. The molecule has 0 unspecified atom stereocenters. The van der Waals surface area contributed by atoms with Gasteiger partial charge in [-0.25, -0.2) is 0 Å². The lowest BCUT2D eigenvalue weighted by molar-refractivity contribution is 0.234. The van der Waals surface area contributed by atoms with Crippen LogP contribution in [0.25, 0.3) is 0 Å². The third-order valence-electron chi connectivity index (χ3n) is 0.951. The van der Waals surface area contributed by atoms with Crippen molar-refractivity contribution >= 4 is 0 Å². The second kappa shape index (κ2) is 17.7. The molecule has 0 saturated heterocycles. The summed E-state index contributed by atoms with van der Waals surface area (Å²) in [5, 5.41) is 0. The molecule has 0 atom stereocenters. The Balaban J connectivity index is 0. The van der Waals surface area contributed by atoms with Gasteiger partial charge in [0.15, 0.2) is 0 Å². The molecule has 0 aromatic heterocycles. The van der Waals surface area contributed by atoms with Crippen molar-refractivity contribution in [2.45, 2.75) is 6.92 Å². The molecule has 1 heteroatoms. The summed E-state index contributed by atoms with van der Waals surface area (Å²) in [6.07, 6.45) is 3.46. The zero-order valence-corrected chi connectivity index (χ0v) is 9.15. The highest BCUT2D eigenvalue weighted by molar-refractivity contribution is 4.99. The average molecular weight is 192 g/mol. The molecule has 1 aromatic rings. The van der Waals surface area contributed by atoms with Crippen molar-refractivity contribution in [1.82, 2.24) is 0 Å². The molecule has 0 aliphatic heterocycles. The Labute approximate surface area is 87.7 Å². The number of hydrogen-bond acceptors (Lipinski definition) is 1. The monoisotopic (exact) mass is 192 g/mol. The maximum Gasteiger partial charge on any atom is 0.0641 e. The summed E-state index contributed by atoms with van der Waals surface area (Å²) in [6.45, 7) is 9.33. The van der Waals surface area contributed by atoms with E-state index < -0.39 is 0 Å². The molecule has 0 N–H and O–H groups in total. The lowest BCUT2D eigenvalue weighted by Gasteiger charge is -1.79. The van der Waals surface area contributed by atoms with Gasteiger partial charge in [0.1, 0.15) is 0 Å². The van der Waals surface area contributed by atoms with Gasteiger partial charge in [-0.3, -0.25) is 0 Å². The lowest BCUT2D eigenvalue weighted by atomic mass is 10.4. The first-order valence-corrected chi connectivity index (χ1v) is 4.50. The van der Waals surface area contributed by atoms with Crippen molar-refractivity contribution in [3.8, 4) is 0 Å². The number of methoxy groups -OCH3 is 1.